The van der Waals surface area contributed by atoms with Gasteiger partial charge in [-0.1, -0.05) is 0 Å². The van der Waals surface area contributed by atoms with Gasteiger partial charge in [-0.05, 0) is 26.0 Å². The number of carbonyl (C=O) groups is 1. The zero-order valence-electron chi connectivity index (χ0n) is 11.8. The van der Waals surface area contributed by atoms with E-state index in [4.69, 9.17) is 4.74 Å². The van der Waals surface area contributed by atoms with Crippen molar-refractivity contribution in [1.29, 1.82) is 0 Å². The summed E-state index contributed by atoms with van der Waals surface area (Å²) in [6.07, 6.45) is -0.391. The fraction of sp³-hybridized carbons (Fsp3) is 0.286. The Morgan fingerprint density at radius 3 is 2.59 bits per heavy atom. The van der Waals surface area contributed by atoms with Gasteiger partial charge in [0.25, 0.3) is 0 Å². The molecule has 0 aliphatic carbocycles. The molecule has 0 radical (unpaired) electrons. The number of aromatic nitrogens is 2. The van der Waals surface area contributed by atoms with Crippen LogP contribution in [0, 0.1) is 17.5 Å². The maximum atomic E-state index is 13.6. The normalized spacial score (nSPS) is 11.0. The first-order chi connectivity index (χ1) is 10.3. The second-order valence-electron chi connectivity index (χ2n) is 4.82. The highest BCUT2D eigenvalue weighted by molar-refractivity contribution is 5.87. The van der Waals surface area contributed by atoms with Gasteiger partial charge in [-0.25, -0.2) is 22.6 Å². The summed E-state index contributed by atoms with van der Waals surface area (Å²) < 4.78 is 45.9. The number of halogens is 3. The van der Waals surface area contributed by atoms with Crippen LogP contribution in [-0.2, 0) is 11.3 Å². The zero-order valence-corrected chi connectivity index (χ0v) is 11.8. The smallest absolute Gasteiger partial charge is 0.359 e. The first-order valence-electron chi connectivity index (χ1n) is 6.39. The third kappa shape index (κ3) is 3.21. The lowest BCUT2D eigenvalue weighted by atomic mass is 10.2. The lowest BCUT2D eigenvalue weighted by Crippen LogP contribution is -2.13. The molecular weight excluding hydrogens is 301 g/mol. The topological polar surface area (TPSA) is 64.3 Å². The van der Waals surface area contributed by atoms with Crippen LogP contribution in [0.25, 0.3) is 0 Å². The largest absolute Gasteiger partial charge is 0.493 e. The Labute approximate surface area is 123 Å². The summed E-state index contributed by atoms with van der Waals surface area (Å²) in [4.78, 5) is 11.6. The Hall–Kier alpha value is -2.51. The number of hydrogen-bond donors (Lipinski definition) is 1. The number of benzene rings is 1. The van der Waals surface area contributed by atoms with Gasteiger partial charge in [-0.15, -0.1) is 0 Å². The van der Waals surface area contributed by atoms with Gasteiger partial charge in [0.15, 0.2) is 17.3 Å². The molecule has 0 amide bonds. The number of hydrogen-bond acceptors (Lipinski definition) is 4. The summed E-state index contributed by atoms with van der Waals surface area (Å²) in [5.74, 6) is -4.87. The number of carbonyl (C=O) groups excluding carboxylic acids is 1. The van der Waals surface area contributed by atoms with E-state index in [0.717, 1.165) is 16.8 Å². The van der Waals surface area contributed by atoms with E-state index in [1.165, 1.54) is 0 Å². The third-order valence-electron chi connectivity index (χ3n) is 2.76. The van der Waals surface area contributed by atoms with Crippen LogP contribution < -0.4 is 0 Å². The average Bonchev–Trinajstić information content (AvgIpc) is 2.80. The molecule has 0 saturated carbocycles. The molecule has 5 nitrogen and oxygen atoms in total. The molecule has 118 valence electrons. The number of nitrogens with zero attached hydrogens (tertiary/aromatic N) is 2. The minimum absolute atomic E-state index is 0.219. The standard InChI is InChI=1S/C14H13F3N2O3/c1-7(2)22-14(21)11-5-12(20)19(18-11)6-8-9(15)3-4-10(16)13(8)17/h3-5,7,20H,6H2,1-2H3. The van der Waals surface area contributed by atoms with Crippen LogP contribution in [0.4, 0.5) is 13.2 Å². The van der Waals surface area contributed by atoms with E-state index < -0.39 is 47.5 Å². The Morgan fingerprint density at radius 1 is 1.32 bits per heavy atom. The Kier molecular flexibility index (Phi) is 4.39. The van der Waals surface area contributed by atoms with Crippen molar-refractivity contribution in [2.24, 2.45) is 0 Å². The van der Waals surface area contributed by atoms with Crippen molar-refractivity contribution in [1.82, 2.24) is 9.78 Å². The molecule has 1 aromatic carbocycles. The minimum Gasteiger partial charge on any atom is -0.493 e. The molecule has 2 rings (SSSR count). The van der Waals surface area contributed by atoms with Gasteiger partial charge >= 0.3 is 5.97 Å². The van der Waals surface area contributed by atoms with Crippen LogP contribution >= 0.6 is 0 Å². The number of ether oxygens (including phenoxy) is 1. The second kappa shape index (κ2) is 6.08. The molecule has 2 aromatic rings. The maximum Gasteiger partial charge on any atom is 0.359 e. The lowest BCUT2D eigenvalue weighted by Gasteiger charge is -2.07. The molecule has 0 aliphatic heterocycles. The summed E-state index contributed by atoms with van der Waals surface area (Å²) in [5, 5.41) is 13.4. The summed E-state index contributed by atoms with van der Waals surface area (Å²) in [7, 11) is 0. The molecule has 0 unspecified atom stereocenters. The zero-order chi connectivity index (χ0) is 16.4. The highest BCUT2D eigenvalue weighted by Crippen LogP contribution is 2.20. The van der Waals surface area contributed by atoms with Crippen LogP contribution in [0.15, 0.2) is 18.2 Å². The Bertz CT molecular complexity index is 714. The van der Waals surface area contributed by atoms with Gasteiger partial charge in [0.1, 0.15) is 5.82 Å². The van der Waals surface area contributed by atoms with Gasteiger partial charge in [0, 0.05) is 11.6 Å². The lowest BCUT2D eigenvalue weighted by molar-refractivity contribution is 0.0370. The van der Waals surface area contributed by atoms with Crippen LogP contribution in [0.1, 0.15) is 29.9 Å². The van der Waals surface area contributed by atoms with Crippen molar-refractivity contribution in [3.8, 4) is 5.88 Å². The van der Waals surface area contributed by atoms with Gasteiger partial charge < -0.3 is 9.84 Å². The van der Waals surface area contributed by atoms with Crippen molar-refractivity contribution in [2.45, 2.75) is 26.5 Å². The number of rotatable bonds is 4. The molecule has 0 saturated heterocycles. The monoisotopic (exact) mass is 314 g/mol. The first kappa shape index (κ1) is 15.9. The summed E-state index contributed by atoms with van der Waals surface area (Å²) in [6.45, 7) is 2.69. The van der Waals surface area contributed by atoms with Crippen LogP contribution in [-0.4, -0.2) is 27.0 Å². The van der Waals surface area contributed by atoms with Gasteiger partial charge in [0.05, 0.1) is 12.6 Å². The highest BCUT2D eigenvalue weighted by atomic mass is 19.2. The molecule has 8 heteroatoms. The molecule has 0 fully saturated rings. The Balaban J connectivity index is 2.30. The molecule has 1 heterocycles. The summed E-state index contributed by atoms with van der Waals surface area (Å²) >= 11 is 0. The number of aromatic hydroxyl groups is 1. The Morgan fingerprint density at radius 2 is 1.95 bits per heavy atom. The minimum atomic E-state index is -1.37. The van der Waals surface area contributed by atoms with E-state index in [2.05, 4.69) is 5.10 Å². The molecule has 0 bridgehead atoms. The van der Waals surface area contributed by atoms with Crippen LogP contribution in [0.5, 0.6) is 5.88 Å². The molecule has 1 N–H and O–H groups in total. The quantitative estimate of drug-likeness (QED) is 0.696. The molecule has 22 heavy (non-hydrogen) atoms. The van der Waals surface area contributed by atoms with E-state index >= 15 is 0 Å². The molecule has 0 atom stereocenters. The fourth-order valence-electron chi connectivity index (χ4n) is 1.76. The first-order valence-corrected chi connectivity index (χ1v) is 6.39. The third-order valence-corrected chi connectivity index (χ3v) is 2.76. The predicted molar refractivity (Wildman–Crippen MR) is 69.9 cm³/mol. The summed E-state index contributed by atoms with van der Waals surface area (Å²) in [6, 6.07) is 2.42. The van der Waals surface area contributed by atoms with Gasteiger partial charge in [-0.3, -0.25) is 0 Å². The van der Waals surface area contributed by atoms with Crippen molar-refractivity contribution < 1.29 is 27.8 Å². The van der Waals surface area contributed by atoms with E-state index in [1.807, 2.05) is 0 Å². The predicted octanol–water partition coefficient (Wildman–Crippen LogP) is 2.62. The maximum absolute atomic E-state index is 13.6. The molecular formula is C14H13F3N2O3. The number of esters is 1. The SMILES string of the molecule is CC(C)OC(=O)c1cc(O)n(Cc2c(F)ccc(F)c2F)n1. The second-order valence-corrected chi connectivity index (χ2v) is 4.82. The van der Waals surface area contributed by atoms with E-state index in [9.17, 15) is 23.1 Å². The van der Waals surface area contributed by atoms with Crippen molar-refractivity contribution >= 4 is 5.97 Å². The van der Waals surface area contributed by atoms with Gasteiger partial charge in [-0.2, -0.15) is 5.10 Å². The van der Waals surface area contributed by atoms with E-state index in [0.29, 0.717) is 6.07 Å². The van der Waals surface area contributed by atoms with Gasteiger partial charge in [0.2, 0.25) is 5.88 Å². The van der Waals surface area contributed by atoms with Crippen molar-refractivity contribution in [3.05, 3.63) is 46.9 Å². The van der Waals surface area contributed by atoms with Crippen LogP contribution in [0.3, 0.4) is 0 Å². The summed E-state index contributed by atoms with van der Waals surface area (Å²) in [5.41, 5.74) is -0.828. The highest BCUT2D eigenvalue weighted by Gasteiger charge is 2.20. The van der Waals surface area contributed by atoms with Crippen molar-refractivity contribution in [2.75, 3.05) is 0 Å². The fourth-order valence-corrected chi connectivity index (χ4v) is 1.76. The average molecular weight is 314 g/mol. The van der Waals surface area contributed by atoms with Crippen molar-refractivity contribution in [3.63, 3.8) is 0 Å². The molecule has 0 spiro atoms. The van der Waals surface area contributed by atoms with E-state index in [-0.39, 0.29) is 5.69 Å². The van der Waals surface area contributed by atoms with Crippen LogP contribution in [0.2, 0.25) is 0 Å². The molecule has 0 aliphatic rings. The molecule has 1 aromatic heterocycles. The van der Waals surface area contributed by atoms with E-state index in [1.54, 1.807) is 13.8 Å².